The molecule has 0 fully saturated rings. The second kappa shape index (κ2) is 13.2. The van der Waals surface area contributed by atoms with Crippen molar-refractivity contribution >= 4 is 29.6 Å². The van der Waals surface area contributed by atoms with E-state index >= 15 is 0 Å². The summed E-state index contributed by atoms with van der Waals surface area (Å²) in [6.45, 7) is 4.85. The van der Waals surface area contributed by atoms with Crippen LogP contribution in [0.25, 0.3) is 0 Å². The summed E-state index contributed by atoms with van der Waals surface area (Å²) in [6.07, 6.45) is -0.618. The average Bonchev–Trinajstić information content (AvgIpc) is 2.83. The zero-order chi connectivity index (χ0) is 26.8. The van der Waals surface area contributed by atoms with E-state index in [1.54, 1.807) is 67.6 Å². The third kappa shape index (κ3) is 8.88. The summed E-state index contributed by atoms with van der Waals surface area (Å²) in [7, 11) is -6.20. The number of carbonyl (C=O) groups excluding carboxylic acids is 2. The molecule has 0 saturated carbocycles. The van der Waals surface area contributed by atoms with Crippen molar-refractivity contribution < 1.29 is 32.1 Å². The number of ether oxygens (including phenoxy) is 1. The molecule has 10 heteroatoms. The lowest BCUT2D eigenvalue weighted by molar-refractivity contribution is -0.143. The van der Waals surface area contributed by atoms with E-state index in [1.165, 1.54) is 0 Å². The van der Waals surface area contributed by atoms with Gasteiger partial charge in [-0.2, -0.15) is 0 Å². The van der Waals surface area contributed by atoms with E-state index in [-0.39, 0.29) is 23.9 Å². The first-order chi connectivity index (χ1) is 17.7. The van der Waals surface area contributed by atoms with Crippen LogP contribution >= 0.6 is 7.60 Å². The summed E-state index contributed by atoms with van der Waals surface area (Å²) in [5, 5.41) is -0.877. The Kier molecular flexibility index (Phi) is 10.1. The molecule has 8 nitrogen and oxygen atoms in total. The van der Waals surface area contributed by atoms with Crippen LogP contribution in [0.5, 0.6) is 11.5 Å². The summed E-state index contributed by atoms with van der Waals surface area (Å²) in [4.78, 5) is 26.5. The molecular formula is C27H30NO7PS. The minimum atomic E-state index is -4.15. The highest BCUT2D eigenvalue weighted by Crippen LogP contribution is 2.49. The Balaban J connectivity index is 1.93. The Labute approximate surface area is 219 Å². The number of aryl methyl sites for hydroxylation is 2. The van der Waals surface area contributed by atoms with Gasteiger partial charge in [0.05, 0.1) is 12.4 Å². The summed E-state index contributed by atoms with van der Waals surface area (Å²) in [5.74, 6) is -0.263. The normalized spacial score (nSPS) is 11.9. The highest BCUT2D eigenvalue weighted by molar-refractivity contribution is 7.99. The van der Waals surface area contributed by atoms with Crippen LogP contribution in [-0.2, 0) is 30.6 Å². The summed E-state index contributed by atoms with van der Waals surface area (Å²) in [5.41, 5.74) is 2.41. The second-order valence-corrected chi connectivity index (χ2v) is 11.5. The number of esters is 1. The molecule has 0 aliphatic heterocycles. The van der Waals surface area contributed by atoms with Crippen LogP contribution in [0.1, 0.15) is 23.6 Å². The van der Waals surface area contributed by atoms with Crippen LogP contribution in [0.15, 0.2) is 78.9 Å². The standard InChI is InChI=1S/C27H30NO7PS/c1-4-33-26(29)18-28(27(30)37(32)19-23-12-6-5-7-13-23)20-36(31,34-24-14-8-10-21(2)16-24)35-25-15-9-11-22(3)17-25/h5-17H,4,18-20H2,1-3H3. The molecule has 0 spiro atoms. The number of benzene rings is 3. The third-order valence-corrected chi connectivity index (χ3v) is 7.94. The van der Waals surface area contributed by atoms with Gasteiger partial charge >= 0.3 is 18.8 Å². The van der Waals surface area contributed by atoms with Gasteiger partial charge in [0.1, 0.15) is 35.1 Å². The van der Waals surface area contributed by atoms with Crippen molar-refractivity contribution in [2.75, 3.05) is 19.4 Å². The lowest BCUT2D eigenvalue weighted by Gasteiger charge is -2.27. The number of amides is 1. The molecule has 0 aliphatic carbocycles. The fraction of sp³-hybridized carbons (Fsp3) is 0.259. The van der Waals surface area contributed by atoms with E-state index in [2.05, 4.69) is 0 Å². The molecule has 1 atom stereocenters. The first-order valence-corrected chi connectivity index (χ1v) is 14.7. The van der Waals surface area contributed by atoms with Crippen molar-refractivity contribution in [2.45, 2.75) is 26.5 Å². The fourth-order valence-electron chi connectivity index (χ4n) is 3.42. The highest BCUT2D eigenvalue weighted by atomic mass is 32.2. The lowest BCUT2D eigenvalue weighted by Crippen LogP contribution is -2.39. The molecular weight excluding hydrogens is 513 g/mol. The van der Waals surface area contributed by atoms with E-state index < -0.39 is 42.4 Å². The quantitative estimate of drug-likeness (QED) is 0.221. The van der Waals surface area contributed by atoms with E-state index in [9.17, 15) is 18.4 Å². The Morgan fingerprint density at radius 2 is 1.43 bits per heavy atom. The van der Waals surface area contributed by atoms with E-state index in [4.69, 9.17) is 13.8 Å². The minimum Gasteiger partial charge on any atom is -0.465 e. The highest BCUT2D eigenvalue weighted by Gasteiger charge is 2.36. The molecule has 0 saturated heterocycles. The molecule has 3 aromatic rings. The Hall–Kier alpha value is -3.42. The van der Waals surface area contributed by atoms with Gasteiger partial charge in [-0.15, -0.1) is 0 Å². The molecule has 196 valence electrons. The number of nitrogens with zero attached hydrogens (tertiary/aromatic N) is 1. The third-order valence-electron chi connectivity index (χ3n) is 5.03. The average molecular weight is 544 g/mol. The smallest absolute Gasteiger partial charge is 0.450 e. The van der Waals surface area contributed by atoms with Gasteiger partial charge in [0.2, 0.25) is 0 Å². The summed E-state index contributed by atoms with van der Waals surface area (Å²) in [6, 6.07) is 22.6. The number of hydrogen-bond acceptors (Lipinski definition) is 7. The van der Waals surface area contributed by atoms with Crippen molar-refractivity contribution in [2.24, 2.45) is 0 Å². The van der Waals surface area contributed by atoms with Gasteiger partial charge in [-0.1, -0.05) is 54.6 Å². The number of carbonyl (C=O) groups is 2. The van der Waals surface area contributed by atoms with Crippen molar-refractivity contribution in [3.05, 3.63) is 95.6 Å². The van der Waals surface area contributed by atoms with E-state index in [0.29, 0.717) is 5.56 Å². The Bertz CT molecular complexity index is 1250. The van der Waals surface area contributed by atoms with Crippen LogP contribution in [0.3, 0.4) is 0 Å². The van der Waals surface area contributed by atoms with Crippen LogP contribution in [0, 0.1) is 13.8 Å². The molecule has 0 aliphatic rings. The largest absolute Gasteiger partial charge is 0.465 e. The van der Waals surface area contributed by atoms with E-state index in [1.807, 2.05) is 32.0 Å². The summed E-state index contributed by atoms with van der Waals surface area (Å²) < 4.78 is 43.8. The molecule has 0 N–H and O–H groups in total. The molecule has 0 bridgehead atoms. The maximum atomic E-state index is 14.1. The molecule has 1 amide bonds. The lowest BCUT2D eigenvalue weighted by atomic mass is 10.2. The van der Waals surface area contributed by atoms with Crippen molar-refractivity contribution in [3.63, 3.8) is 0 Å². The van der Waals surface area contributed by atoms with Crippen LogP contribution in [0.2, 0.25) is 0 Å². The van der Waals surface area contributed by atoms with Gasteiger partial charge in [-0.05, 0) is 61.7 Å². The molecule has 1 unspecified atom stereocenters. The number of rotatable bonds is 11. The zero-order valence-electron chi connectivity index (χ0n) is 21.0. The molecule has 0 heterocycles. The van der Waals surface area contributed by atoms with Gasteiger partial charge < -0.3 is 18.7 Å². The molecule has 0 radical (unpaired) electrons. The summed E-state index contributed by atoms with van der Waals surface area (Å²) >= 11 is 0. The van der Waals surface area contributed by atoms with Gasteiger partial charge in [0.15, 0.2) is 0 Å². The van der Waals surface area contributed by atoms with Crippen molar-refractivity contribution in [1.29, 1.82) is 0 Å². The minimum absolute atomic E-state index is 0.0687. The Morgan fingerprint density at radius 3 is 1.95 bits per heavy atom. The fourth-order valence-corrected chi connectivity index (χ4v) is 6.22. The zero-order valence-corrected chi connectivity index (χ0v) is 22.7. The van der Waals surface area contributed by atoms with Crippen LogP contribution in [0.4, 0.5) is 4.79 Å². The SMILES string of the molecule is CCOC(=O)CN(CP(=O)(Oc1cccc(C)c1)Oc1cccc(C)c1)C(=O)S(=O)Cc1ccccc1. The molecule has 3 aromatic carbocycles. The maximum Gasteiger partial charge on any atom is 0.450 e. The topological polar surface area (TPSA) is 99.2 Å². The van der Waals surface area contributed by atoms with Gasteiger partial charge in [-0.25, -0.2) is 8.77 Å². The monoisotopic (exact) mass is 543 g/mol. The maximum absolute atomic E-state index is 14.1. The molecule has 37 heavy (non-hydrogen) atoms. The number of hydrogen-bond donors (Lipinski definition) is 0. The van der Waals surface area contributed by atoms with Gasteiger partial charge in [-0.3, -0.25) is 9.59 Å². The van der Waals surface area contributed by atoms with Crippen molar-refractivity contribution in [3.8, 4) is 11.5 Å². The van der Waals surface area contributed by atoms with E-state index in [0.717, 1.165) is 16.0 Å². The molecule has 0 aromatic heterocycles. The van der Waals surface area contributed by atoms with Gasteiger partial charge in [0, 0.05) is 0 Å². The van der Waals surface area contributed by atoms with Crippen LogP contribution < -0.4 is 9.05 Å². The first-order valence-electron chi connectivity index (χ1n) is 11.7. The predicted molar refractivity (Wildman–Crippen MR) is 143 cm³/mol. The van der Waals surface area contributed by atoms with Crippen molar-refractivity contribution in [1.82, 2.24) is 4.90 Å². The molecule has 3 rings (SSSR count). The predicted octanol–water partition coefficient (Wildman–Crippen LogP) is 5.85. The van der Waals surface area contributed by atoms with Crippen LogP contribution in [-0.4, -0.2) is 39.8 Å². The second-order valence-electron chi connectivity index (χ2n) is 8.31. The first kappa shape index (κ1) is 28.2. The van der Waals surface area contributed by atoms with Gasteiger partial charge in [0.25, 0.3) is 0 Å². The Morgan fingerprint density at radius 1 is 0.865 bits per heavy atom.